The van der Waals surface area contributed by atoms with E-state index >= 15 is 0 Å². The van der Waals surface area contributed by atoms with Gasteiger partial charge in [0.2, 0.25) is 5.56 Å². The molecule has 2 rings (SSSR count). The van der Waals surface area contributed by atoms with Crippen molar-refractivity contribution in [2.75, 3.05) is 0 Å². The van der Waals surface area contributed by atoms with Crippen molar-refractivity contribution in [3.63, 3.8) is 0 Å². The van der Waals surface area contributed by atoms with E-state index < -0.39 is 0 Å². The van der Waals surface area contributed by atoms with Crippen LogP contribution in [0, 0.1) is 0 Å². The van der Waals surface area contributed by atoms with Gasteiger partial charge in [0.25, 0.3) is 0 Å². The summed E-state index contributed by atoms with van der Waals surface area (Å²) in [6.45, 7) is 0. The minimum absolute atomic E-state index is 0.157. The molecule has 0 amide bonds. The number of halogens is 3. The molecule has 0 bridgehead atoms. The number of alkyl halides is 1. The Kier molecular flexibility index (Phi) is 3.05. The largest absolute Gasteiger partial charge is 0.322 e. The van der Waals surface area contributed by atoms with Crippen LogP contribution in [0.2, 0.25) is 10.0 Å². The number of rotatable bonds is 1. The molecule has 0 fully saturated rings. The van der Waals surface area contributed by atoms with Crippen LogP contribution < -0.4 is 5.56 Å². The fourth-order valence-corrected chi connectivity index (χ4v) is 2.56. The molecule has 1 aromatic heterocycles. The Hall–Kier alpha value is -0.510. The zero-order valence-electron chi connectivity index (χ0n) is 7.48. The zero-order chi connectivity index (χ0) is 11.0. The molecule has 0 aliphatic heterocycles. The van der Waals surface area contributed by atoms with Gasteiger partial charge in [0.05, 0.1) is 10.5 Å². The van der Waals surface area contributed by atoms with E-state index in [0.717, 1.165) is 10.9 Å². The number of nitrogens with one attached hydrogen (secondary N) is 1. The van der Waals surface area contributed by atoms with Crippen molar-refractivity contribution in [1.29, 1.82) is 0 Å². The normalized spacial score (nSPS) is 10.9. The highest BCUT2D eigenvalue weighted by Crippen LogP contribution is 2.29. The molecule has 15 heavy (non-hydrogen) atoms. The molecule has 5 heteroatoms. The van der Waals surface area contributed by atoms with Crippen LogP contribution in [0.3, 0.4) is 0 Å². The first-order chi connectivity index (χ1) is 7.11. The van der Waals surface area contributed by atoms with E-state index in [1.165, 1.54) is 6.07 Å². The molecule has 1 aromatic carbocycles. The predicted molar refractivity (Wildman–Crippen MR) is 67.2 cm³/mol. The maximum Gasteiger partial charge on any atom is 0.248 e. The van der Waals surface area contributed by atoms with E-state index in [1.54, 1.807) is 12.1 Å². The van der Waals surface area contributed by atoms with Crippen LogP contribution in [-0.2, 0) is 5.33 Å². The molecule has 1 N–H and O–H groups in total. The Morgan fingerprint density at radius 1 is 1.27 bits per heavy atom. The molecule has 2 aromatic rings. The maximum absolute atomic E-state index is 11.3. The average Bonchev–Trinajstić information content (AvgIpc) is 2.14. The third kappa shape index (κ3) is 2.05. The smallest absolute Gasteiger partial charge is 0.248 e. The lowest BCUT2D eigenvalue weighted by Gasteiger charge is -2.05. The van der Waals surface area contributed by atoms with Crippen LogP contribution in [0.15, 0.2) is 23.0 Å². The Morgan fingerprint density at radius 2 is 2.00 bits per heavy atom. The van der Waals surface area contributed by atoms with E-state index in [9.17, 15) is 4.79 Å². The Morgan fingerprint density at radius 3 is 2.67 bits per heavy atom. The Bertz CT molecular complexity index is 579. The summed E-state index contributed by atoms with van der Waals surface area (Å²) in [5.41, 5.74) is 1.36. The third-order valence-electron chi connectivity index (χ3n) is 2.08. The van der Waals surface area contributed by atoms with Crippen molar-refractivity contribution in [2.45, 2.75) is 5.33 Å². The molecule has 0 aliphatic carbocycles. The molecule has 2 nitrogen and oxygen atoms in total. The topological polar surface area (TPSA) is 32.9 Å². The fourth-order valence-electron chi connectivity index (χ4n) is 1.50. The zero-order valence-corrected chi connectivity index (χ0v) is 10.6. The number of hydrogen-bond donors (Lipinski definition) is 1. The van der Waals surface area contributed by atoms with Gasteiger partial charge >= 0.3 is 0 Å². The summed E-state index contributed by atoms with van der Waals surface area (Å²) in [6.07, 6.45) is 0. The summed E-state index contributed by atoms with van der Waals surface area (Å²) >= 11 is 15.2. The van der Waals surface area contributed by atoms with Crippen molar-refractivity contribution in [3.05, 3.63) is 44.2 Å². The predicted octanol–water partition coefficient (Wildman–Crippen LogP) is 3.73. The SMILES string of the molecule is O=c1cc(CBr)c2c(Cl)cc(Cl)cc2[nH]1. The van der Waals surface area contributed by atoms with Gasteiger partial charge in [-0.25, -0.2) is 0 Å². The highest BCUT2D eigenvalue weighted by atomic mass is 79.9. The van der Waals surface area contributed by atoms with Crippen molar-refractivity contribution in [3.8, 4) is 0 Å². The maximum atomic E-state index is 11.3. The average molecular weight is 307 g/mol. The lowest BCUT2D eigenvalue weighted by atomic mass is 10.1. The van der Waals surface area contributed by atoms with Gasteiger partial charge in [-0.1, -0.05) is 39.1 Å². The summed E-state index contributed by atoms with van der Waals surface area (Å²) in [5.74, 6) is 0. The summed E-state index contributed by atoms with van der Waals surface area (Å²) in [4.78, 5) is 14.0. The summed E-state index contributed by atoms with van der Waals surface area (Å²) in [7, 11) is 0. The van der Waals surface area contributed by atoms with Crippen LogP contribution in [-0.4, -0.2) is 4.98 Å². The van der Waals surface area contributed by atoms with Gasteiger partial charge in [0.15, 0.2) is 0 Å². The van der Waals surface area contributed by atoms with Crippen LogP contribution in [0.1, 0.15) is 5.56 Å². The first-order valence-electron chi connectivity index (χ1n) is 4.18. The number of fused-ring (bicyclic) bond motifs is 1. The second-order valence-electron chi connectivity index (χ2n) is 3.10. The van der Waals surface area contributed by atoms with E-state index in [4.69, 9.17) is 23.2 Å². The number of H-pyrrole nitrogens is 1. The molecule has 0 aliphatic rings. The van der Waals surface area contributed by atoms with Crippen molar-refractivity contribution in [1.82, 2.24) is 4.98 Å². The Balaban J connectivity index is 2.96. The van der Waals surface area contributed by atoms with Gasteiger partial charge in [-0.3, -0.25) is 4.79 Å². The van der Waals surface area contributed by atoms with Gasteiger partial charge in [0, 0.05) is 21.8 Å². The number of hydrogen-bond acceptors (Lipinski definition) is 1. The molecule has 0 radical (unpaired) electrons. The summed E-state index contributed by atoms with van der Waals surface area (Å²) in [5, 5.41) is 2.46. The first kappa shape index (κ1) is 11.0. The number of benzene rings is 1. The molecule has 0 atom stereocenters. The Labute approximate surface area is 104 Å². The molecule has 0 unspecified atom stereocenters. The van der Waals surface area contributed by atoms with Crippen LogP contribution in [0.25, 0.3) is 10.9 Å². The third-order valence-corrected chi connectivity index (χ3v) is 3.20. The van der Waals surface area contributed by atoms with E-state index in [1.807, 2.05) is 0 Å². The second-order valence-corrected chi connectivity index (χ2v) is 4.51. The fraction of sp³-hybridized carbons (Fsp3) is 0.100. The van der Waals surface area contributed by atoms with Gasteiger partial charge < -0.3 is 4.98 Å². The first-order valence-corrected chi connectivity index (χ1v) is 6.06. The van der Waals surface area contributed by atoms with E-state index in [0.29, 0.717) is 20.9 Å². The minimum atomic E-state index is -0.157. The molecule has 1 heterocycles. The lowest BCUT2D eigenvalue weighted by Crippen LogP contribution is -2.05. The van der Waals surface area contributed by atoms with Crippen LogP contribution in [0.4, 0.5) is 0 Å². The number of pyridine rings is 1. The van der Waals surface area contributed by atoms with Gasteiger partial charge in [-0.15, -0.1) is 0 Å². The number of aromatic nitrogens is 1. The molecule has 0 spiro atoms. The quantitative estimate of drug-likeness (QED) is 0.800. The highest BCUT2D eigenvalue weighted by Gasteiger charge is 2.07. The molecular formula is C10H6BrCl2NO. The van der Waals surface area contributed by atoms with E-state index in [-0.39, 0.29) is 5.56 Å². The standard InChI is InChI=1S/C10H6BrCl2NO/c11-4-5-1-9(15)14-8-3-6(12)2-7(13)10(5)8/h1-3H,4H2,(H,14,15). The lowest BCUT2D eigenvalue weighted by molar-refractivity contribution is 1.27. The monoisotopic (exact) mass is 305 g/mol. The van der Waals surface area contributed by atoms with Crippen molar-refractivity contribution in [2.24, 2.45) is 0 Å². The summed E-state index contributed by atoms with van der Waals surface area (Å²) in [6, 6.07) is 4.88. The molecular weight excluding hydrogens is 301 g/mol. The van der Waals surface area contributed by atoms with Gasteiger partial charge in [0.1, 0.15) is 0 Å². The van der Waals surface area contributed by atoms with Gasteiger partial charge in [-0.05, 0) is 17.7 Å². The van der Waals surface area contributed by atoms with Crippen molar-refractivity contribution < 1.29 is 0 Å². The highest BCUT2D eigenvalue weighted by molar-refractivity contribution is 9.08. The van der Waals surface area contributed by atoms with Crippen LogP contribution >= 0.6 is 39.1 Å². The molecule has 78 valence electrons. The van der Waals surface area contributed by atoms with Crippen LogP contribution in [0.5, 0.6) is 0 Å². The number of aromatic amines is 1. The second kappa shape index (κ2) is 4.16. The van der Waals surface area contributed by atoms with Gasteiger partial charge in [-0.2, -0.15) is 0 Å². The molecule has 0 saturated heterocycles. The summed E-state index contributed by atoms with van der Waals surface area (Å²) < 4.78 is 0. The van der Waals surface area contributed by atoms with E-state index in [2.05, 4.69) is 20.9 Å². The molecule has 0 saturated carbocycles. The minimum Gasteiger partial charge on any atom is -0.322 e. The van der Waals surface area contributed by atoms with Crippen molar-refractivity contribution >= 4 is 50.0 Å².